The molecule has 4 heteroatoms. The summed E-state index contributed by atoms with van der Waals surface area (Å²) in [6.07, 6.45) is 1.79. The second kappa shape index (κ2) is 8.67. The molecule has 0 N–H and O–H groups in total. The normalized spacial score (nSPS) is 9.43. The van der Waals surface area contributed by atoms with E-state index >= 15 is 0 Å². The standard InChI is InChI=1S/C10H15IO2.Zn/c1-10(2,3)13-9(12)7-5-4-6-8-11;/h4,6,8H2,1-3H3;/q;+2. The third kappa shape index (κ3) is 12.4. The van der Waals surface area contributed by atoms with E-state index < -0.39 is 11.6 Å². The van der Waals surface area contributed by atoms with E-state index in [4.69, 9.17) is 4.74 Å². The zero-order valence-electron chi connectivity index (χ0n) is 9.02. The minimum absolute atomic E-state index is 0. The molecule has 74 valence electrons. The van der Waals surface area contributed by atoms with Gasteiger partial charge in [-0.3, -0.25) is 0 Å². The molecule has 2 nitrogen and oxygen atoms in total. The van der Waals surface area contributed by atoms with Gasteiger partial charge in [0, 0.05) is 16.8 Å². The molecule has 0 fully saturated rings. The van der Waals surface area contributed by atoms with Gasteiger partial charge in [-0.2, -0.15) is 0 Å². The number of alkyl halides is 1. The topological polar surface area (TPSA) is 26.3 Å². The first-order chi connectivity index (χ1) is 5.95. The van der Waals surface area contributed by atoms with E-state index in [0.29, 0.717) is 0 Å². The van der Waals surface area contributed by atoms with Crippen LogP contribution in [0.15, 0.2) is 0 Å². The Morgan fingerprint density at radius 1 is 1.43 bits per heavy atom. The summed E-state index contributed by atoms with van der Waals surface area (Å²) in [6, 6.07) is 0. The molecular weight excluding hydrogens is 344 g/mol. The van der Waals surface area contributed by atoms with Crippen LogP contribution in [0.4, 0.5) is 0 Å². The molecule has 14 heavy (non-hydrogen) atoms. The fourth-order valence-electron chi connectivity index (χ4n) is 0.593. The quantitative estimate of drug-likeness (QED) is 0.144. The van der Waals surface area contributed by atoms with Crippen LogP contribution < -0.4 is 0 Å². The van der Waals surface area contributed by atoms with Crippen molar-refractivity contribution >= 4 is 28.6 Å². The monoisotopic (exact) mass is 358 g/mol. The molecule has 0 spiro atoms. The third-order valence-corrected chi connectivity index (χ3v) is 1.79. The molecule has 0 aromatic rings. The van der Waals surface area contributed by atoms with Crippen LogP contribution in [0.25, 0.3) is 0 Å². The van der Waals surface area contributed by atoms with Gasteiger partial charge in [-0.05, 0) is 27.2 Å². The van der Waals surface area contributed by atoms with Crippen LogP contribution in [0, 0.1) is 11.8 Å². The summed E-state index contributed by atoms with van der Waals surface area (Å²) in [7, 11) is 0. The molecule has 0 atom stereocenters. The van der Waals surface area contributed by atoms with Crippen molar-refractivity contribution in [1.29, 1.82) is 0 Å². The summed E-state index contributed by atoms with van der Waals surface area (Å²) >= 11 is 2.28. The Bertz CT molecular complexity index is 223. The van der Waals surface area contributed by atoms with Gasteiger partial charge in [0.1, 0.15) is 5.60 Å². The van der Waals surface area contributed by atoms with E-state index in [2.05, 4.69) is 34.4 Å². The molecular formula is C10H15IO2Zn+2. The van der Waals surface area contributed by atoms with Crippen molar-refractivity contribution in [2.45, 2.75) is 39.2 Å². The van der Waals surface area contributed by atoms with E-state index in [9.17, 15) is 4.79 Å². The average molecular weight is 360 g/mol. The van der Waals surface area contributed by atoms with Gasteiger partial charge in [0.25, 0.3) is 0 Å². The van der Waals surface area contributed by atoms with Crippen LogP contribution in [0.1, 0.15) is 33.6 Å². The first kappa shape index (κ1) is 16.8. The number of hydrogen-bond acceptors (Lipinski definition) is 2. The van der Waals surface area contributed by atoms with Crippen LogP contribution in [-0.4, -0.2) is 16.0 Å². The summed E-state index contributed by atoms with van der Waals surface area (Å²) in [4.78, 5) is 11.0. The Balaban J connectivity index is 0. The summed E-state index contributed by atoms with van der Waals surface area (Å²) < 4.78 is 6.07. The SMILES string of the molecule is CC(C)(C)OC(=O)C#CCCCI.[Zn+2]. The van der Waals surface area contributed by atoms with Gasteiger partial charge in [-0.15, -0.1) is 0 Å². The third-order valence-electron chi connectivity index (χ3n) is 1.02. The van der Waals surface area contributed by atoms with Gasteiger partial charge in [0.05, 0.1) is 0 Å². The zero-order chi connectivity index (χ0) is 10.3. The number of carbonyl (C=O) groups excluding carboxylic acids is 1. The molecule has 0 saturated carbocycles. The van der Waals surface area contributed by atoms with E-state index in [1.807, 2.05) is 20.8 Å². The van der Waals surface area contributed by atoms with E-state index in [1.165, 1.54) is 0 Å². The van der Waals surface area contributed by atoms with Crippen LogP contribution in [0.5, 0.6) is 0 Å². The number of unbranched alkanes of at least 4 members (excludes halogenated alkanes) is 1. The maximum Gasteiger partial charge on any atom is 2.00 e. The fraction of sp³-hybridized carbons (Fsp3) is 0.700. The molecule has 0 radical (unpaired) electrons. The van der Waals surface area contributed by atoms with E-state index in [0.717, 1.165) is 17.3 Å². The number of rotatable bonds is 2. The molecule has 0 bridgehead atoms. The first-order valence-corrected chi connectivity index (χ1v) is 5.76. The minimum Gasteiger partial charge on any atom is -0.450 e. The largest absolute Gasteiger partial charge is 2.00 e. The number of hydrogen-bond donors (Lipinski definition) is 0. The average Bonchev–Trinajstić information content (AvgIpc) is 1.94. The van der Waals surface area contributed by atoms with Gasteiger partial charge in [0.15, 0.2) is 0 Å². The van der Waals surface area contributed by atoms with Crippen LogP contribution >= 0.6 is 22.6 Å². The van der Waals surface area contributed by atoms with Crippen molar-refractivity contribution in [3.8, 4) is 11.8 Å². The Labute approximate surface area is 112 Å². The second-order valence-corrected chi connectivity index (χ2v) is 4.67. The van der Waals surface area contributed by atoms with Crippen molar-refractivity contribution < 1.29 is 29.0 Å². The van der Waals surface area contributed by atoms with Gasteiger partial charge in [-0.1, -0.05) is 28.5 Å². The van der Waals surface area contributed by atoms with Gasteiger partial charge < -0.3 is 4.74 Å². The second-order valence-electron chi connectivity index (χ2n) is 3.60. The smallest absolute Gasteiger partial charge is 0.450 e. The molecule has 0 unspecified atom stereocenters. The van der Waals surface area contributed by atoms with E-state index in [-0.39, 0.29) is 19.5 Å². The minimum atomic E-state index is -0.435. The molecule has 0 heterocycles. The molecule has 0 aliphatic carbocycles. The zero-order valence-corrected chi connectivity index (χ0v) is 14.1. The van der Waals surface area contributed by atoms with Crippen molar-refractivity contribution in [2.75, 3.05) is 4.43 Å². The maximum atomic E-state index is 11.0. The Kier molecular flexibility index (Phi) is 10.4. The summed E-state index contributed by atoms with van der Waals surface area (Å²) in [5.41, 5.74) is -0.435. The Hall–Kier alpha value is 0.383. The van der Waals surface area contributed by atoms with Crippen molar-refractivity contribution in [1.82, 2.24) is 0 Å². The predicted molar refractivity (Wildman–Crippen MR) is 61.7 cm³/mol. The molecule has 0 amide bonds. The van der Waals surface area contributed by atoms with E-state index in [1.54, 1.807) is 0 Å². The van der Waals surface area contributed by atoms with Gasteiger partial charge >= 0.3 is 25.4 Å². The van der Waals surface area contributed by atoms with Crippen molar-refractivity contribution in [3.63, 3.8) is 0 Å². The van der Waals surface area contributed by atoms with Crippen LogP contribution in [0.2, 0.25) is 0 Å². The van der Waals surface area contributed by atoms with Crippen molar-refractivity contribution in [3.05, 3.63) is 0 Å². The Morgan fingerprint density at radius 2 is 2.00 bits per heavy atom. The van der Waals surface area contributed by atoms with Gasteiger partial charge in [0.2, 0.25) is 0 Å². The Morgan fingerprint density at radius 3 is 2.43 bits per heavy atom. The molecule has 0 aromatic heterocycles. The number of ether oxygens (including phenoxy) is 1. The molecule has 0 aliphatic heterocycles. The maximum absolute atomic E-state index is 11.0. The fourth-order valence-corrected chi connectivity index (χ4v) is 0.975. The predicted octanol–water partition coefficient (Wildman–Crippen LogP) is 2.54. The first-order valence-electron chi connectivity index (χ1n) is 4.23. The van der Waals surface area contributed by atoms with Crippen molar-refractivity contribution in [2.24, 2.45) is 0 Å². The van der Waals surface area contributed by atoms with Crippen LogP contribution in [0.3, 0.4) is 0 Å². The number of carbonyl (C=O) groups is 1. The number of halogens is 1. The van der Waals surface area contributed by atoms with Crippen LogP contribution in [-0.2, 0) is 29.0 Å². The molecule has 0 saturated heterocycles. The molecule has 0 rings (SSSR count). The molecule has 0 aliphatic rings. The number of esters is 1. The summed E-state index contributed by atoms with van der Waals surface area (Å²) in [5.74, 6) is 4.81. The summed E-state index contributed by atoms with van der Waals surface area (Å²) in [5, 5.41) is 0. The molecule has 0 aromatic carbocycles. The summed E-state index contributed by atoms with van der Waals surface area (Å²) in [6.45, 7) is 5.49. The van der Waals surface area contributed by atoms with Gasteiger partial charge in [-0.25, -0.2) is 4.79 Å².